The lowest BCUT2D eigenvalue weighted by Gasteiger charge is -2.26. The number of nitrogens with zero attached hydrogens (tertiary/aromatic N) is 2. The number of rotatable bonds is 7. The van der Waals surface area contributed by atoms with Crippen molar-refractivity contribution in [1.29, 1.82) is 0 Å². The molecule has 1 aliphatic heterocycles. The molecule has 0 radical (unpaired) electrons. The quantitative estimate of drug-likeness (QED) is 0.239. The lowest BCUT2D eigenvalue weighted by molar-refractivity contribution is 0.0719. The molecule has 1 N–H and O–H groups in total. The summed E-state index contributed by atoms with van der Waals surface area (Å²) in [6.45, 7) is 6.80. The summed E-state index contributed by atoms with van der Waals surface area (Å²) in [6, 6.07) is 23.3. The molecule has 1 saturated heterocycles. The van der Waals surface area contributed by atoms with Crippen LogP contribution in [0.15, 0.2) is 72.8 Å². The van der Waals surface area contributed by atoms with E-state index >= 15 is 0 Å². The van der Waals surface area contributed by atoms with E-state index < -0.39 is 16.1 Å². The third-order valence-electron chi connectivity index (χ3n) is 7.55. The summed E-state index contributed by atoms with van der Waals surface area (Å²) in [5, 5.41) is 1.58. The van der Waals surface area contributed by atoms with Gasteiger partial charge in [0.1, 0.15) is 11.9 Å². The number of amides is 1. The second-order valence-corrected chi connectivity index (χ2v) is 13.1. The van der Waals surface area contributed by atoms with Gasteiger partial charge in [0.05, 0.1) is 40.3 Å². The molecular weight excluding hydrogens is 571 g/mol. The highest BCUT2D eigenvalue weighted by Crippen LogP contribution is 2.41. The van der Waals surface area contributed by atoms with Gasteiger partial charge in [-0.1, -0.05) is 54.6 Å². The number of hydrogen-bond acceptors (Lipinski definition) is 7. The predicted molar refractivity (Wildman–Crippen MR) is 166 cm³/mol. The summed E-state index contributed by atoms with van der Waals surface area (Å²) < 4.78 is 42.9. The molecule has 6 rings (SSSR count). The van der Waals surface area contributed by atoms with Crippen LogP contribution in [-0.2, 0) is 14.9 Å². The van der Waals surface area contributed by atoms with Crippen LogP contribution in [0.4, 0.5) is 0 Å². The molecule has 1 aliphatic rings. The van der Waals surface area contributed by atoms with Crippen molar-refractivity contribution in [3.05, 3.63) is 95.1 Å². The van der Waals surface area contributed by atoms with Crippen LogP contribution in [0.1, 0.15) is 40.1 Å². The van der Waals surface area contributed by atoms with E-state index in [9.17, 15) is 13.2 Å². The number of hydrogen-bond donors (Lipinski definition) is 1. The fourth-order valence-electron chi connectivity index (χ4n) is 5.26. The van der Waals surface area contributed by atoms with Gasteiger partial charge in [-0.3, -0.25) is 4.79 Å². The number of pyridine rings is 1. The number of nitrogens with one attached hydrogen (secondary N) is 1. The van der Waals surface area contributed by atoms with Crippen LogP contribution in [0.3, 0.4) is 0 Å². The Balaban J connectivity index is 1.51. The van der Waals surface area contributed by atoms with Gasteiger partial charge in [-0.2, -0.15) is 12.7 Å². The number of aromatic nitrogens is 1. The second kappa shape index (κ2) is 11.4. The molecule has 5 aromatic rings. The molecule has 0 unspecified atom stereocenters. The van der Waals surface area contributed by atoms with Gasteiger partial charge < -0.3 is 9.47 Å². The van der Waals surface area contributed by atoms with Crippen molar-refractivity contribution in [3.63, 3.8) is 0 Å². The number of carbonyl (C=O) groups excluding carboxylic acids is 1. The van der Waals surface area contributed by atoms with Crippen LogP contribution in [0.5, 0.6) is 5.75 Å². The molecule has 1 fully saturated rings. The van der Waals surface area contributed by atoms with E-state index in [4.69, 9.17) is 14.5 Å². The molecule has 2 aromatic heterocycles. The van der Waals surface area contributed by atoms with Gasteiger partial charge in [-0.05, 0) is 61.0 Å². The SMILES string of the molecule is Cc1c(-c2cc(C(=O)NS(=O)(=O)N3CCOCC3)c3c(O[C@H](C)c4ccccc4)ccc(C)c3n2)sc2ccccc12. The van der Waals surface area contributed by atoms with Gasteiger partial charge >= 0.3 is 10.2 Å². The monoisotopic (exact) mass is 601 g/mol. The molecule has 0 saturated carbocycles. The third-order valence-corrected chi connectivity index (χ3v) is 10.3. The minimum absolute atomic E-state index is 0.175. The molecule has 1 amide bonds. The Bertz CT molecular complexity index is 1900. The Morgan fingerprint density at radius 1 is 1.02 bits per heavy atom. The molecule has 3 aromatic carbocycles. The number of morpholine rings is 1. The summed E-state index contributed by atoms with van der Waals surface area (Å²) in [4.78, 5) is 19.9. The van der Waals surface area contributed by atoms with Crippen LogP contribution >= 0.6 is 11.3 Å². The zero-order valence-electron chi connectivity index (χ0n) is 23.6. The summed E-state index contributed by atoms with van der Waals surface area (Å²) >= 11 is 1.59. The van der Waals surface area contributed by atoms with Gasteiger partial charge in [0.25, 0.3) is 5.91 Å². The number of fused-ring (bicyclic) bond motifs is 2. The Kier molecular flexibility index (Phi) is 7.71. The summed E-state index contributed by atoms with van der Waals surface area (Å²) in [5.41, 5.74) is 4.23. The average Bonchev–Trinajstić information content (AvgIpc) is 3.35. The third kappa shape index (κ3) is 5.38. The molecule has 0 bridgehead atoms. The van der Waals surface area contributed by atoms with E-state index in [1.807, 2.05) is 75.4 Å². The van der Waals surface area contributed by atoms with Crippen molar-refractivity contribution in [3.8, 4) is 16.3 Å². The van der Waals surface area contributed by atoms with Crippen molar-refractivity contribution >= 4 is 48.4 Å². The molecule has 0 spiro atoms. The van der Waals surface area contributed by atoms with E-state index in [-0.39, 0.29) is 38.0 Å². The van der Waals surface area contributed by atoms with E-state index in [2.05, 4.69) is 16.9 Å². The molecule has 0 aliphatic carbocycles. The van der Waals surface area contributed by atoms with Crippen molar-refractivity contribution in [2.75, 3.05) is 26.3 Å². The first-order valence-corrected chi connectivity index (χ1v) is 16.0. The van der Waals surface area contributed by atoms with Crippen LogP contribution in [-0.4, -0.2) is 49.9 Å². The average molecular weight is 602 g/mol. The number of ether oxygens (including phenoxy) is 2. The molecule has 3 heterocycles. The fourth-order valence-corrected chi connectivity index (χ4v) is 7.53. The maximum atomic E-state index is 13.9. The van der Waals surface area contributed by atoms with Crippen molar-refractivity contribution in [2.45, 2.75) is 26.9 Å². The van der Waals surface area contributed by atoms with Gasteiger partial charge in [0.2, 0.25) is 0 Å². The van der Waals surface area contributed by atoms with Gasteiger partial charge in [-0.25, -0.2) is 9.71 Å². The maximum Gasteiger partial charge on any atom is 0.304 e. The zero-order valence-corrected chi connectivity index (χ0v) is 25.2. The highest BCUT2D eigenvalue weighted by Gasteiger charge is 2.29. The topological polar surface area (TPSA) is 97.8 Å². The first kappa shape index (κ1) is 28.3. The highest BCUT2D eigenvalue weighted by molar-refractivity contribution is 7.87. The number of benzene rings is 3. The smallest absolute Gasteiger partial charge is 0.304 e. The number of thiophene rings is 1. The summed E-state index contributed by atoms with van der Waals surface area (Å²) in [5.74, 6) is -0.287. The van der Waals surface area contributed by atoms with Gasteiger partial charge in [0.15, 0.2) is 0 Å². The van der Waals surface area contributed by atoms with Gasteiger partial charge in [0, 0.05) is 17.8 Å². The Labute approximate surface area is 249 Å². The molecular formula is C32H31N3O5S2. The Morgan fingerprint density at radius 2 is 1.74 bits per heavy atom. The minimum atomic E-state index is -4.10. The zero-order chi connectivity index (χ0) is 29.4. The van der Waals surface area contributed by atoms with Crippen LogP contribution in [0, 0.1) is 13.8 Å². The fraction of sp³-hybridized carbons (Fsp3) is 0.250. The largest absolute Gasteiger partial charge is 0.485 e. The van der Waals surface area contributed by atoms with Crippen molar-refractivity contribution in [1.82, 2.24) is 14.0 Å². The normalized spacial score (nSPS) is 15.1. The van der Waals surface area contributed by atoms with Crippen molar-refractivity contribution in [2.24, 2.45) is 0 Å². The Morgan fingerprint density at radius 3 is 2.48 bits per heavy atom. The van der Waals surface area contributed by atoms with E-state index in [0.29, 0.717) is 22.3 Å². The lowest BCUT2D eigenvalue weighted by atomic mass is 10.0. The summed E-state index contributed by atoms with van der Waals surface area (Å²) in [6.07, 6.45) is -0.324. The van der Waals surface area contributed by atoms with E-state index in [1.54, 1.807) is 17.4 Å². The number of carbonyl (C=O) groups is 1. The van der Waals surface area contributed by atoms with E-state index in [0.717, 1.165) is 31.7 Å². The standard InChI is InChI=1S/C32H31N3O5S2/c1-20-13-14-27(40-22(3)23-9-5-4-6-10-23)29-25(32(36)34-42(37,38)35-15-17-39-18-16-35)19-26(33-30(20)29)31-21(2)24-11-7-8-12-28(24)41-31/h4-14,19,22H,15-18H2,1-3H3,(H,34,36)/t22-/m1/s1. The predicted octanol–water partition coefficient (Wildman–Crippen LogP) is 6.18. The molecule has 1 atom stereocenters. The molecule has 8 nitrogen and oxygen atoms in total. The minimum Gasteiger partial charge on any atom is -0.485 e. The first-order valence-electron chi connectivity index (χ1n) is 13.8. The van der Waals surface area contributed by atoms with Gasteiger partial charge in [-0.15, -0.1) is 11.3 Å². The van der Waals surface area contributed by atoms with Crippen LogP contribution in [0.2, 0.25) is 0 Å². The maximum absolute atomic E-state index is 13.9. The molecule has 216 valence electrons. The summed E-state index contributed by atoms with van der Waals surface area (Å²) in [7, 11) is -4.10. The van der Waals surface area contributed by atoms with Crippen LogP contribution in [0.25, 0.3) is 31.6 Å². The van der Waals surface area contributed by atoms with Crippen LogP contribution < -0.4 is 9.46 Å². The van der Waals surface area contributed by atoms with E-state index in [1.165, 1.54) is 4.31 Å². The highest BCUT2D eigenvalue weighted by atomic mass is 32.2. The molecule has 42 heavy (non-hydrogen) atoms. The Hall–Kier alpha value is -3.83. The van der Waals surface area contributed by atoms with Crippen molar-refractivity contribution < 1.29 is 22.7 Å². The number of aryl methyl sites for hydroxylation is 2. The lowest BCUT2D eigenvalue weighted by Crippen LogP contribution is -2.48. The first-order chi connectivity index (χ1) is 20.2. The second-order valence-electron chi connectivity index (χ2n) is 10.3. The molecule has 10 heteroatoms.